The maximum atomic E-state index is 13.0. The van der Waals surface area contributed by atoms with Crippen LogP contribution >= 0.6 is 0 Å². The highest BCUT2D eigenvalue weighted by molar-refractivity contribution is 7.89. The summed E-state index contributed by atoms with van der Waals surface area (Å²) in [5.74, 6) is -0.211. The van der Waals surface area contributed by atoms with Crippen molar-refractivity contribution >= 4 is 21.6 Å². The molecule has 0 atom stereocenters. The third-order valence-corrected chi connectivity index (χ3v) is 6.11. The molecule has 0 unspecified atom stereocenters. The van der Waals surface area contributed by atoms with Crippen molar-refractivity contribution in [3.05, 3.63) is 95.1 Å². The molecule has 0 aromatic heterocycles. The minimum Gasteiger partial charge on any atom is -0.492 e. The van der Waals surface area contributed by atoms with Gasteiger partial charge in [-0.25, -0.2) is 13.1 Å². The SMILES string of the molecule is O=C1c2ccccc2C(=O)c2c1cccc2S(=O)(=O)NCCOc1ccccc1. The molecule has 0 saturated carbocycles. The van der Waals surface area contributed by atoms with E-state index in [1.165, 1.54) is 24.3 Å². The molecule has 0 saturated heterocycles. The molecule has 29 heavy (non-hydrogen) atoms. The predicted molar refractivity (Wildman–Crippen MR) is 107 cm³/mol. The van der Waals surface area contributed by atoms with Gasteiger partial charge in [0.15, 0.2) is 11.6 Å². The van der Waals surface area contributed by atoms with Crippen molar-refractivity contribution in [2.45, 2.75) is 4.90 Å². The smallest absolute Gasteiger partial charge is 0.241 e. The lowest BCUT2D eigenvalue weighted by atomic mass is 9.84. The Kier molecular flexibility index (Phi) is 5.00. The largest absolute Gasteiger partial charge is 0.492 e. The standard InChI is InChI=1S/C22H17NO5S/c24-21-16-9-4-5-10-17(16)22(25)20-18(21)11-6-12-19(20)29(26,27)23-13-14-28-15-7-2-1-3-8-15/h1-12,23H,13-14H2. The van der Waals surface area contributed by atoms with Crippen LogP contribution < -0.4 is 9.46 Å². The molecule has 0 fully saturated rings. The molecule has 1 aliphatic carbocycles. The summed E-state index contributed by atoms with van der Waals surface area (Å²) in [6, 6.07) is 19.7. The van der Waals surface area contributed by atoms with Gasteiger partial charge in [-0.05, 0) is 18.2 Å². The maximum Gasteiger partial charge on any atom is 0.241 e. The van der Waals surface area contributed by atoms with Gasteiger partial charge in [0.1, 0.15) is 12.4 Å². The van der Waals surface area contributed by atoms with Crippen LogP contribution in [-0.2, 0) is 10.0 Å². The third kappa shape index (κ3) is 3.57. The van der Waals surface area contributed by atoms with E-state index < -0.39 is 15.8 Å². The summed E-state index contributed by atoms with van der Waals surface area (Å²) < 4.78 is 33.6. The van der Waals surface area contributed by atoms with Gasteiger partial charge in [-0.2, -0.15) is 0 Å². The fraction of sp³-hybridized carbons (Fsp3) is 0.0909. The lowest BCUT2D eigenvalue weighted by Crippen LogP contribution is -2.31. The van der Waals surface area contributed by atoms with Gasteiger partial charge < -0.3 is 4.74 Å². The Morgan fingerprint density at radius 2 is 1.34 bits per heavy atom. The van der Waals surface area contributed by atoms with Gasteiger partial charge in [0.05, 0.1) is 10.5 Å². The van der Waals surface area contributed by atoms with Crippen molar-refractivity contribution in [3.8, 4) is 5.75 Å². The Balaban J connectivity index is 1.59. The number of fused-ring (bicyclic) bond motifs is 2. The summed E-state index contributed by atoms with van der Waals surface area (Å²) in [5.41, 5.74) is 0.494. The van der Waals surface area contributed by atoms with Gasteiger partial charge in [-0.15, -0.1) is 0 Å². The predicted octanol–water partition coefficient (Wildman–Crippen LogP) is 2.82. The second-order valence-electron chi connectivity index (χ2n) is 6.44. The quantitative estimate of drug-likeness (QED) is 0.497. The number of carbonyl (C=O) groups excluding carboxylic acids is 2. The number of para-hydroxylation sites is 1. The summed E-state index contributed by atoms with van der Waals surface area (Å²) in [7, 11) is -4.02. The summed E-state index contributed by atoms with van der Waals surface area (Å²) in [5, 5.41) is 0. The Hall–Kier alpha value is -3.29. The molecule has 0 amide bonds. The summed E-state index contributed by atoms with van der Waals surface area (Å²) in [4.78, 5) is 25.5. The zero-order chi connectivity index (χ0) is 20.4. The monoisotopic (exact) mass is 407 g/mol. The number of nitrogens with one attached hydrogen (secondary N) is 1. The van der Waals surface area contributed by atoms with Crippen molar-refractivity contribution in [1.82, 2.24) is 4.72 Å². The molecule has 0 radical (unpaired) electrons. The molecule has 0 bridgehead atoms. The van der Waals surface area contributed by atoms with E-state index in [0.29, 0.717) is 5.75 Å². The second kappa shape index (κ2) is 7.62. The third-order valence-electron chi connectivity index (χ3n) is 4.61. The highest BCUT2D eigenvalue weighted by Gasteiger charge is 2.34. The minimum absolute atomic E-state index is 0.0135. The van der Waals surface area contributed by atoms with E-state index in [9.17, 15) is 18.0 Å². The molecule has 1 aliphatic rings. The molecule has 0 heterocycles. The first-order chi connectivity index (χ1) is 14.0. The number of rotatable bonds is 6. The van der Waals surface area contributed by atoms with Crippen molar-refractivity contribution < 1.29 is 22.7 Å². The van der Waals surface area contributed by atoms with E-state index in [4.69, 9.17) is 4.74 Å². The minimum atomic E-state index is -4.02. The molecular weight excluding hydrogens is 390 g/mol. The van der Waals surface area contributed by atoms with Crippen LogP contribution in [-0.4, -0.2) is 33.1 Å². The van der Waals surface area contributed by atoms with Crippen LogP contribution in [0.4, 0.5) is 0 Å². The Labute approximate surface area is 168 Å². The van der Waals surface area contributed by atoms with Crippen LogP contribution in [0.1, 0.15) is 31.8 Å². The first kappa shape index (κ1) is 19.0. The molecule has 6 nitrogen and oxygen atoms in total. The number of ketones is 2. The number of hydrogen-bond acceptors (Lipinski definition) is 5. The van der Waals surface area contributed by atoms with E-state index in [1.54, 1.807) is 30.3 Å². The molecule has 4 rings (SSSR count). The number of hydrogen-bond donors (Lipinski definition) is 1. The Morgan fingerprint density at radius 1 is 0.724 bits per heavy atom. The Bertz CT molecular complexity index is 1200. The zero-order valence-electron chi connectivity index (χ0n) is 15.3. The van der Waals surface area contributed by atoms with E-state index >= 15 is 0 Å². The lowest BCUT2D eigenvalue weighted by molar-refractivity contribution is 0.0976. The molecule has 7 heteroatoms. The molecule has 1 N–H and O–H groups in total. The maximum absolute atomic E-state index is 13.0. The van der Waals surface area contributed by atoms with Crippen molar-refractivity contribution in [3.63, 3.8) is 0 Å². The highest BCUT2D eigenvalue weighted by atomic mass is 32.2. The van der Waals surface area contributed by atoms with Crippen LogP contribution in [0.15, 0.2) is 77.7 Å². The van der Waals surface area contributed by atoms with Crippen molar-refractivity contribution in [2.75, 3.05) is 13.2 Å². The van der Waals surface area contributed by atoms with Crippen molar-refractivity contribution in [1.29, 1.82) is 0 Å². The van der Waals surface area contributed by atoms with Gasteiger partial charge in [-0.3, -0.25) is 9.59 Å². The van der Waals surface area contributed by atoms with Crippen LogP contribution in [0, 0.1) is 0 Å². The summed E-state index contributed by atoms with van der Waals surface area (Å²) in [6.07, 6.45) is 0. The van der Waals surface area contributed by atoms with Gasteiger partial charge >= 0.3 is 0 Å². The normalized spacial score (nSPS) is 13.0. The molecule has 146 valence electrons. The number of sulfonamides is 1. The highest BCUT2D eigenvalue weighted by Crippen LogP contribution is 2.31. The van der Waals surface area contributed by atoms with E-state index in [1.807, 2.05) is 18.2 Å². The molecular formula is C22H17NO5S. The molecule has 3 aromatic rings. The fourth-order valence-electron chi connectivity index (χ4n) is 3.28. The molecule has 3 aromatic carbocycles. The first-order valence-corrected chi connectivity index (χ1v) is 10.5. The average molecular weight is 407 g/mol. The van der Waals surface area contributed by atoms with Crippen LogP contribution in [0.3, 0.4) is 0 Å². The second-order valence-corrected chi connectivity index (χ2v) is 8.18. The summed E-state index contributed by atoms with van der Waals surface area (Å²) in [6.45, 7) is 0.133. The lowest BCUT2D eigenvalue weighted by Gasteiger charge is -2.20. The van der Waals surface area contributed by atoms with E-state index in [-0.39, 0.29) is 46.1 Å². The number of carbonyl (C=O) groups is 2. The first-order valence-electron chi connectivity index (χ1n) is 8.98. The van der Waals surface area contributed by atoms with E-state index in [2.05, 4.69) is 4.72 Å². The van der Waals surface area contributed by atoms with Gasteiger partial charge in [0.2, 0.25) is 10.0 Å². The van der Waals surface area contributed by atoms with Crippen molar-refractivity contribution in [2.24, 2.45) is 0 Å². The molecule has 0 spiro atoms. The van der Waals surface area contributed by atoms with Gasteiger partial charge in [-0.1, -0.05) is 54.6 Å². The Morgan fingerprint density at radius 3 is 2.07 bits per heavy atom. The van der Waals surface area contributed by atoms with Crippen LogP contribution in [0.25, 0.3) is 0 Å². The topological polar surface area (TPSA) is 89.5 Å². The van der Waals surface area contributed by atoms with Gasteiger partial charge in [0, 0.05) is 23.2 Å². The van der Waals surface area contributed by atoms with Gasteiger partial charge in [0.25, 0.3) is 0 Å². The average Bonchev–Trinajstić information content (AvgIpc) is 2.75. The van der Waals surface area contributed by atoms with E-state index in [0.717, 1.165) is 0 Å². The van der Waals surface area contributed by atoms with Crippen LogP contribution in [0.5, 0.6) is 5.75 Å². The summed E-state index contributed by atoms with van der Waals surface area (Å²) >= 11 is 0. The molecule has 0 aliphatic heterocycles. The fourth-order valence-corrected chi connectivity index (χ4v) is 4.51. The number of benzene rings is 3. The zero-order valence-corrected chi connectivity index (χ0v) is 16.1. The number of ether oxygens (including phenoxy) is 1. The van der Waals surface area contributed by atoms with Crippen LogP contribution in [0.2, 0.25) is 0 Å².